The molecule has 0 N–H and O–H groups in total. The van der Waals surface area contributed by atoms with Crippen molar-refractivity contribution in [1.29, 1.82) is 0 Å². The van der Waals surface area contributed by atoms with Gasteiger partial charge in [-0.1, -0.05) is 24.8 Å². The number of carbonyl (C=O) groups is 2. The van der Waals surface area contributed by atoms with E-state index in [9.17, 15) is 14.7 Å². The fourth-order valence-electron chi connectivity index (χ4n) is 2.82. The van der Waals surface area contributed by atoms with Gasteiger partial charge in [0.05, 0.1) is 23.6 Å². The van der Waals surface area contributed by atoms with E-state index in [0.29, 0.717) is 11.3 Å². The molecular formula is C14H13N2NaO3S. The number of carboxylic acids is 1. The Morgan fingerprint density at radius 2 is 2.29 bits per heavy atom. The Bertz CT molecular complexity index is 605. The molecule has 2 aliphatic heterocycles. The van der Waals surface area contributed by atoms with Crippen LogP contribution in [-0.4, -0.2) is 27.8 Å². The number of β-lactam (4-membered cyclic amide) rings is 1. The maximum Gasteiger partial charge on any atom is 1.00 e. The summed E-state index contributed by atoms with van der Waals surface area (Å²) in [5.41, 5.74) is 0.0281. The molecule has 0 spiro atoms. The summed E-state index contributed by atoms with van der Waals surface area (Å²) >= 11 is 1.30. The molecule has 0 bridgehead atoms. The van der Waals surface area contributed by atoms with Crippen LogP contribution in [0.1, 0.15) is 19.8 Å². The molecule has 1 saturated heterocycles. The van der Waals surface area contributed by atoms with Crippen LogP contribution in [0.4, 0.5) is 0 Å². The molecule has 3 heterocycles. The van der Waals surface area contributed by atoms with E-state index in [1.807, 2.05) is 19.1 Å². The monoisotopic (exact) mass is 312 g/mol. The minimum atomic E-state index is -1.28. The first kappa shape index (κ1) is 16.5. The van der Waals surface area contributed by atoms with Crippen LogP contribution in [0.2, 0.25) is 0 Å². The third-order valence-corrected chi connectivity index (χ3v) is 4.81. The second kappa shape index (κ2) is 6.52. The summed E-state index contributed by atoms with van der Waals surface area (Å²) in [5.74, 6) is -1.45. The molecule has 3 rings (SSSR count). The molecule has 7 heteroatoms. The predicted octanol–water partition coefficient (Wildman–Crippen LogP) is -2.22. The Hall–Kier alpha value is -0.820. The van der Waals surface area contributed by atoms with Gasteiger partial charge in [-0.15, -0.1) is 0 Å². The largest absolute Gasteiger partial charge is 1.00 e. The van der Waals surface area contributed by atoms with Crippen molar-refractivity contribution in [2.75, 3.05) is 0 Å². The number of aromatic nitrogens is 1. The van der Waals surface area contributed by atoms with E-state index in [2.05, 4.69) is 4.98 Å². The number of aliphatic carboxylic acids is 1. The van der Waals surface area contributed by atoms with Gasteiger partial charge in [-0.2, -0.15) is 0 Å². The van der Waals surface area contributed by atoms with Crippen molar-refractivity contribution in [3.05, 3.63) is 35.0 Å². The van der Waals surface area contributed by atoms with Gasteiger partial charge in [0.1, 0.15) is 5.03 Å². The zero-order valence-corrected chi connectivity index (χ0v) is 14.7. The van der Waals surface area contributed by atoms with Gasteiger partial charge < -0.3 is 14.8 Å². The third-order valence-electron chi connectivity index (χ3n) is 3.75. The van der Waals surface area contributed by atoms with E-state index in [-0.39, 0.29) is 53.1 Å². The number of rotatable bonds is 4. The maximum atomic E-state index is 12.0. The fourth-order valence-corrected chi connectivity index (χ4v) is 3.86. The average molecular weight is 312 g/mol. The molecule has 21 heavy (non-hydrogen) atoms. The molecule has 104 valence electrons. The van der Waals surface area contributed by atoms with Gasteiger partial charge in [-0.25, -0.2) is 4.98 Å². The van der Waals surface area contributed by atoms with E-state index >= 15 is 0 Å². The van der Waals surface area contributed by atoms with Crippen LogP contribution in [0.3, 0.4) is 0 Å². The molecule has 5 nitrogen and oxygen atoms in total. The first-order chi connectivity index (χ1) is 9.63. The van der Waals surface area contributed by atoms with Gasteiger partial charge in [0.2, 0.25) is 5.91 Å². The molecule has 0 aromatic carbocycles. The second-order valence-corrected chi connectivity index (χ2v) is 5.94. The Morgan fingerprint density at radius 3 is 2.86 bits per heavy atom. The first-order valence-corrected chi connectivity index (χ1v) is 7.31. The van der Waals surface area contributed by atoms with Gasteiger partial charge >= 0.3 is 29.6 Å². The molecule has 0 saturated carbocycles. The van der Waals surface area contributed by atoms with E-state index in [1.54, 1.807) is 12.3 Å². The first-order valence-electron chi connectivity index (χ1n) is 6.50. The van der Waals surface area contributed by atoms with E-state index in [0.717, 1.165) is 11.4 Å². The van der Waals surface area contributed by atoms with E-state index < -0.39 is 5.97 Å². The van der Waals surface area contributed by atoms with Crippen LogP contribution in [0.15, 0.2) is 40.0 Å². The minimum Gasteiger partial charge on any atom is -0.543 e. The summed E-state index contributed by atoms with van der Waals surface area (Å²) < 4.78 is 0. The minimum absolute atomic E-state index is 0. The smallest absolute Gasteiger partial charge is 0.543 e. The van der Waals surface area contributed by atoms with Crippen molar-refractivity contribution in [2.45, 2.75) is 30.8 Å². The van der Waals surface area contributed by atoms with Gasteiger partial charge in [-0.3, -0.25) is 4.79 Å². The predicted molar refractivity (Wildman–Crippen MR) is 71.2 cm³/mol. The number of carboxylic acid groups (broad SMARTS) is 1. The normalized spacial score (nSPS) is 23.5. The SMILES string of the molecule is CC[C@H]1C(=O)N2C(C(=O)[O-])=C(Sc3ccccn3)C[C@H]12.[Na+]. The number of thioether (sulfide) groups is 1. The topological polar surface area (TPSA) is 73.3 Å². The fraction of sp³-hybridized carbons (Fsp3) is 0.357. The van der Waals surface area contributed by atoms with Gasteiger partial charge in [0.25, 0.3) is 0 Å². The molecule has 1 aromatic heterocycles. The van der Waals surface area contributed by atoms with Crippen LogP contribution in [-0.2, 0) is 9.59 Å². The molecule has 2 atom stereocenters. The zero-order valence-electron chi connectivity index (χ0n) is 11.9. The number of amides is 1. The number of hydrogen-bond acceptors (Lipinski definition) is 5. The van der Waals surface area contributed by atoms with Crippen molar-refractivity contribution in [1.82, 2.24) is 9.88 Å². The quantitative estimate of drug-likeness (QED) is 0.465. The number of fused-ring (bicyclic) bond motifs is 1. The zero-order chi connectivity index (χ0) is 14.3. The number of pyridine rings is 1. The van der Waals surface area contributed by atoms with Crippen molar-refractivity contribution in [2.24, 2.45) is 5.92 Å². The standard InChI is InChI=1S/C14H14N2O3S.Na/c1-2-8-9-7-10(20-11-5-3-4-6-15-11)12(14(18)19)16(9)13(8)17;/h3-6,8-9H,2,7H2,1H3,(H,18,19);/q;+1/p-1/t8-,9-;/m1./s1. The Balaban J connectivity index is 0.00000161. The van der Waals surface area contributed by atoms with E-state index in [1.165, 1.54) is 16.7 Å². The number of nitrogens with zero attached hydrogens (tertiary/aromatic N) is 2. The molecule has 0 unspecified atom stereocenters. The van der Waals surface area contributed by atoms with Gasteiger partial charge in [-0.05, 0) is 18.6 Å². The van der Waals surface area contributed by atoms with Gasteiger partial charge in [0.15, 0.2) is 0 Å². The molecule has 0 aliphatic carbocycles. The van der Waals surface area contributed by atoms with Crippen molar-refractivity contribution in [3.63, 3.8) is 0 Å². The van der Waals surface area contributed by atoms with Crippen molar-refractivity contribution >= 4 is 23.6 Å². The number of hydrogen-bond donors (Lipinski definition) is 0. The summed E-state index contributed by atoms with van der Waals surface area (Å²) in [6.07, 6.45) is 2.97. The summed E-state index contributed by atoms with van der Waals surface area (Å²) in [6.45, 7) is 1.95. The summed E-state index contributed by atoms with van der Waals surface area (Å²) in [4.78, 5) is 29.5. The molecule has 0 radical (unpaired) electrons. The molecule has 2 aliphatic rings. The van der Waals surface area contributed by atoms with Crippen LogP contribution >= 0.6 is 11.8 Å². The van der Waals surface area contributed by atoms with Crippen LogP contribution in [0.25, 0.3) is 0 Å². The Morgan fingerprint density at radius 1 is 1.52 bits per heavy atom. The van der Waals surface area contributed by atoms with E-state index in [4.69, 9.17) is 0 Å². The maximum absolute atomic E-state index is 12.0. The summed E-state index contributed by atoms with van der Waals surface area (Å²) in [6, 6.07) is 5.44. The van der Waals surface area contributed by atoms with Crippen LogP contribution in [0, 0.1) is 5.92 Å². The summed E-state index contributed by atoms with van der Waals surface area (Å²) in [7, 11) is 0. The second-order valence-electron chi connectivity index (χ2n) is 4.82. The molecular weight excluding hydrogens is 299 g/mol. The number of carbonyl (C=O) groups excluding carboxylic acids is 2. The van der Waals surface area contributed by atoms with Gasteiger partial charge in [0, 0.05) is 17.5 Å². The third kappa shape index (κ3) is 2.77. The molecule has 1 amide bonds. The summed E-state index contributed by atoms with van der Waals surface area (Å²) in [5, 5.41) is 12.1. The molecule has 1 aromatic rings. The Kier molecular flexibility index (Phi) is 5.14. The van der Waals surface area contributed by atoms with Crippen LogP contribution in [0.5, 0.6) is 0 Å². The molecule has 1 fully saturated rings. The van der Waals surface area contributed by atoms with Crippen LogP contribution < -0.4 is 34.7 Å². The van der Waals surface area contributed by atoms with Crippen molar-refractivity contribution in [3.8, 4) is 0 Å². The Labute approximate surface area is 149 Å². The average Bonchev–Trinajstić information content (AvgIpc) is 2.76. The van der Waals surface area contributed by atoms with Crippen molar-refractivity contribution < 1.29 is 44.3 Å².